The van der Waals surface area contributed by atoms with E-state index in [1.165, 1.54) is 0 Å². The first-order valence-electron chi connectivity index (χ1n) is 7.30. The zero-order valence-corrected chi connectivity index (χ0v) is 14.3. The van der Waals surface area contributed by atoms with Crippen LogP contribution in [0.25, 0.3) is 10.9 Å². The van der Waals surface area contributed by atoms with E-state index in [1.807, 2.05) is 47.2 Å². The lowest BCUT2D eigenvalue weighted by molar-refractivity contribution is 0.0954. The minimum atomic E-state index is -0.272. The minimum absolute atomic E-state index is 0.272. The molecule has 0 radical (unpaired) electrons. The van der Waals surface area contributed by atoms with Crippen LogP contribution >= 0.6 is 15.9 Å². The van der Waals surface area contributed by atoms with E-state index in [9.17, 15) is 4.79 Å². The summed E-state index contributed by atoms with van der Waals surface area (Å²) in [6.45, 7) is 0.484. The van der Waals surface area contributed by atoms with Gasteiger partial charge in [-0.1, -0.05) is 36.3 Å². The molecule has 1 N–H and O–H groups in total. The van der Waals surface area contributed by atoms with Crippen LogP contribution in [0.2, 0.25) is 0 Å². The van der Waals surface area contributed by atoms with E-state index in [1.54, 1.807) is 18.3 Å². The highest BCUT2D eigenvalue weighted by molar-refractivity contribution is 9.10. The summed E-state index contributed by atoms with van der Waals surface area (Å²) in [5, 5.41) is 5.11. The van der Waals surface area contributed by atoms with E-state index in [0.717, 1.165) is 20.9 Å². The van der Waals surface area contributed by atoms with Gasteiger partial charge in [0.15, 0.2) is 0 Å². The largest absolute Gasteiger partial charge is 0.335 e. The Balaban J connectivity index is 1.83. The lowest BCUT2D eigenvalue weighted by atomic mass is 10.2. The van der Waals surface area contributed by atoms with Crippen LogP contribution < -0.4 is 5.43 Å². The zero-order valence-electron chi connectivity index (χ0n) is 12.7. The molecule has 24 heavy (non-hydrogen) atoms. The molecule has 5 heteroatoms. The fraction of sp³-hybridized carbons (Fsp3) is 0.0526. The van der Waals surface area contributed by atoms with Crippen molar-refractivity contribution in [3.63, 3.8) is 0 Å². The molecule has 1 heterocycles. The van der Waals surface area contributed by atoms with E-state index in [0.29, 0.717) is 12.1 Å². The maximum absolute atomic E-state index is 12.1. The molecule has 0 saturated carbocycles. The summed E-state index contributed by atoms with van der Waals surface area (Å²) in [6, 6.07) is 15.1. The lowest BCUT2D eigenvalue weighted by Gasteiger charge is -2.01. The van der Waals surface area contributed by atoms with Gasteiger partial charge in [-0.15, -0.1) is 6.42 Å². The van der Waals surface area contributed by atoms with Crippen molar-refractivity contribution in [2.45, 2.75) is 6.54 Å². The van der Waals surface area contributed by atoms with Crippen molar-refractivity contribution < 1.29 is 4.79 Å². The fourth-order valence-electron chi connectivity index (χ4n) is 2.47. The van der Waals surface area contributed by atoms with Crippen LogP contribution in [-0.2, 0) is 6.54 Å². The van der Waals surface area contributed by atoms with Crippen molar-refractivity contribution in [2.24, 2.45) is 5.10 Å². The summed E-state index contributed by atoms with van der Waals surface area (Å²) in [5.74, 6) is 2.36. The van der Waals surface area contributed by atoms with Crippen LogP contribution in [0.5, 0.6) is 0 Å². The zero-order chi connectivity index (χ0) is 16.9. The highest BCUT2D eigenvalue weighted by atomic mass is 79.9. The second kappa shape index (κ2) is 7.16. The molecule has 0 aliphatic carbocycles. The Morgan fingerprint density at radius 3 is 2.79 bits per heavy atom. The number of nitrogens with zero attached hydrogens (tertiary/aromatic N) is 2. The average Bonchev–Trinajstić information content (AvgIpc) is 2.94. The van der Waals surface area contributed by atoms with E-state index in [2.05, 4.69) is 32.4 Å². The number of benzene rings is 2. The standard InChI is InChI=1S/C19H14BrN3O/c1-2-11-23-13-14(15-7-4-6-10-18(15)23)12-21-22-19(24)16-8-3-5-9-17(16)20/h1,3-10,12-13H,11H2,(H,22,24)/b21-12+. The molecule has 1 aromatic heterocycles. The number of halogens is 1. The van der Waals surface area contributed by atoms with Gasteiger partial charge < -0.3 is 4.57 Å². The Bertz CT molecular complexity index is 966. The first-order chi connectivity index (χ1) is 11.7. The number of nitrogens with one attached hydrogen (secondary N) is 1. The molecule has 0 bridgehead atoms. The van der Waals surface area contributed by atoms with Crippen molar-refractivity contribution >= 4 is 39.0 Å². The Morgan fingerprint density at radius 2 is 2.00 bits per heavy atom. The number of aromatic nitrogens is 1. The number of rotatable bonds is 4. The second-order valence-corrected chi connectivity index (χ2v) is 5.97. The third-order valence-electron chi connectivity index (χ3n) is 3.57. The van der Waals surface area contributed by atoms with Crippen LogP contribution in [0.1, 0.15) is 15.9 Å². The molecule has 3 aromatic rings. The normalized spacial score (nSPS) is 10.8. The average molecular weight is 380 g/mol. The SMILES string of the molecule is C#CCn1cc(/C=N/NC(=O)c2ccccc2Br)c2ccccc21. The third kappa shape index (κ3) is 3.24. The van der Waals surface area contributed by atoms with Gasteiger partial charge in [-0.25, -0.2) is 5.43 Å². The van der Waals surface area contributed by atoms with Gasteiger partial charge in [0, 0.05) is 27.1 Å². The van der Waals surface area contributed by atoms with Gasteiger partial charge in [0.05, 0.1) is 18.3 Å². The summed E-state index contributed by atoms with van der Waals surface area (Å²) >= 11 is 3.35. The summed E-state index contributed by atoms with van der Waals surface area (Å²) in [7, 11) is 0. The van der Waals surface area contributed by atoms with E-state index in [4.69, 9.17) is 6.42 Å². The maximum Gasteiger partial charge on any atom is 0.272 e. The molecule has 118 valence electrons. The van der Waals surface area contributed by atoms with Gasteiger partial charge in [0.2, 0.25) is 0 Å². The van der Waals surface area contributed by atoms with Gasteiger partial charge in [0.25, 0.3) is 5.91 Å². The number of carbonyl (C=O) groups is 1. The quantitative estimate of drug-likeness (QED) is 0.418. The molecule has 0 spiro atoms. The predicted molar refractivity (Wildman–Crippen MR) is 100.0 cm³/mol. The van der Waals surface area contributed by atoms with Gasteiger partial charge in [0.1, 0.15) is 0 Å². The fourth-order valence-corrected chi connectivity index (χ4v) is 2.94. The van der Waals surface area contributed by atoms with Crippen LogP contribution in [0.3, 0.4) is 0 Å². The van der Waals surface area contributed by atoms with Crippen molar-refractivity contribution in [1.29, 1.82) is 0 Å². The number of para-hydroxylation sites is 1. The molecule has 0 fully saturated rings. The molecule has 3 rings (SSSR count). The highest BCUT2D eigenvalue weighted by Gasteiger charge is 2.08. The van der Waals surface area contributed by atoms with Crippen molar-refractivity contribution in [3.8, 4) is 12.3 Å². The van der Waals surface area contributed by atoms with E-state index >= 15 is 0 Å². The van der Waals surface area contributed by atoms with Gasteiger partial charge in [-0.2, -0.15) is 5.10 Å². The van der Waals surface area contributed by atoms with Crippen molar-refractivity contribution in [2.75, 3.05) is 0 Å². The Labute approximate surface area is 148 Å². The number of hydrazone groups is 1. The minimum Gasteiger partial charge on any atom is -0.335 e. The van der Waals surface area contributed by atoms with Crippen molar-refractivity contribution in [3.05, 3.63) is 70.3 Å². The number of fused-ring (bicyclic) bond motifs is 1. The highest BCUT2D eigenvalue weighted by Crippen LogP contribution is 2.20. The number of hydrogen-bond donors (Lipinski definition) is 1. The summed E-state index contributed by atoms with van der Waals surface area (Å²) in [5.41, 5.74) is 5.01. The predicted octanol–water partition coefficient (Wildman–Crippen LogP) is 3.80. The van der Waals surface area contributed by atoms with E-state index in [-0.39, 0.29) is 5.91 Å². The molecule has 0 unspecified atom stereocenters. The molecule has 2 aromatic carbocycles. The Morgan fingerprint density at radius 1 is 1.25 bits per heavy atom. The topological polar surface area (TPSA) is 46.4 Å². The smallest absolute Gasteiger partial charge is 0.272 e. The number of hydrogen-bond acceptors (Lipinski definition) is 2. The van der Waals surface area contributed by atoms with Crippen LogP contribution in [0.4, 0.5) is 0 Å². The van der Waals surface area contributed by atoms with Gasteiger partial charge in [-0.3, -0.25) is 4.79 Å². The number of terminal acetylenes is 1. The Kier molecular flexibility index (Phi) is 4.78. The summed E-state index contributed by atoms with van der Waals surface area (Å²) < 4.78 is 2.70. The molecule has 0 saturated heterocycles. The Hall–Kier alpha value is -2.84. The van der Waals surface area contributed by atoms with Crippen LogP contribution in [-0.4, -0.2) is 16.7 Å². The van der Waals surface area contributed by atoms with Gasteiger partial charge in [-0.05, 0) is 34.1 Å². The first-order valence-corrected chi connectivity index (χ1v) is 8.09. The first kappa shape index (κ1) is 16.0. The lowest BCUT2D eigenvalue weighted by Crippen LogP contribution is -2.18. The third-order valence-corrected chi connectivity index (χ3v) is 4.26. The number of amides is 1. The second-order valence-electron chi connectivity index (χ2n) is 5.11. The van der Waals surface area contributed by atoms with Crippen LogP contribution in [0, 0.1) is 12.3 Å². The van der Waals surface area contributed by atoms with Gasteiger partial charge >= 0.3 is 0 Å². The molecule has 4 nitrogen and oxygen atoms in total. The molecule has 0 aliphatic heterocycles. The molecule has 1 amide bonds. The number of carbonyl (C=O) groups excluding carboxylic acids is 1. The molecule has 0 aliphatic rings. The molecular formula is C19H14BrN3O. The monoisotopic (exact) mass is 379 g/mol. The maximum atomic E-state index is 12.1. The summed E-state index contributed by atoms with van der Waals surface area (Å²) in [6.07, 6.45) is 8.97. The molecule has 0 atom stereocenters. The summed E-state index contributed by atoms with van der Waals surface area (Å²) in [4.78, 5) is 12.1. The van der Waals surface area contributed by atoms with Crippen LogP contribution in [0.15, 0.2) is 64.3 Å². The van der Waals surface area contributed by atoms with E-state index < -0.39 is 0 Å². The van der Waals surface area contributed by atoms with Crippen molar-refractivity contribution in [1.82, 2.24) is 9.99 Å². The molecular weight excluding hydrogens is 366 g/mol.